The molecule has 0 radical (unpaired) electrons. The summed E-state index contributed by atoms with van der Waals surface area (Å²) < 4.78 is 15.9. The van der Waals surface area contributed by atoms with Gasteiger partial charge in [0.15, 0.2) is 11.5 Å². The molecule has 1 atom stereocenters. The maximum absolute atomic E-state index is 14.3. The number of rotatable bonds is 11. The summed E-state index contributed by atoms with van der Waals surface area (Å²) in [5.74, 6) is 1.98. The van der Waals surface area contributed by atoms with Crippen LogP contribution in [0.4, 0.5) is 11.6 Å². The second-order valence-corrected chi connectivity index (χ2v) is 14.6. The highest BCUT2D eigenvalue weighted by molar-refractivity contribution is 9.10. The molecule has 12 heteroatoms. The largest absolute Gasteiger partial charge is 0.490 e. The normalized spacial score (nSPS) is 13.9. The van der Waals surface area contributed by atoms with Gasteiger partial charge in [-0.1, -0.05) is 81.8 Å². The Bertz CT molecular complexity index is 2050. The standard InChI is InChI=1S/C37H34Br2ClN5O3S/c1-5-47-31-18-26(17-28(39)34(31)48-19-24-13-15-27(38)16-14-24)33-32(35(46)42-30-12-8-9-21(2)22(30)3)23(4)41-36-43-37(44-45(33)36)49-20-25-10-6-7-11-29(25)40/h6-18,33H,5,19-20H2,1-4H3,(H,42,46)(H,41,43,44). The van der Waals surface area contributed by atoms with Gasteiger partial charge in [0, 0.05) is 26.6 Å². The van der Waals surface area contributed by atoms with Crippen molar-refractivity contribution in [3.63, 3.8) is 0 Å². The minimum absolute atomic E-state index is 0.250. The van der Waals surface area contributed by atoms with Crippen molar-refractivity contribution in [1.82, 2.24) is 14.8 Å². The first kappa shape index (κ1) is 35.1. The molecule has 49 heavy (non-hydrogen) atoms. The molecule has 1 aliphatic heterocycles. The number of thioether (sulfide) groups is 1. The van der Waals surface area contributed by atoms with Crippen molar-refractivity contribution >= 4 is 72.8 Å². The molecule has 1 aromatic heterocycles. The van der Waals surface area contributed by atoms with Gasteiger partial charge in [0.05, 0.1) is 16.7 Å². The van der Waals surface area contributed by atoms with E-state index in [4.69, 9.17) is 31.2 Å². The highest BCUT2D eigenvalue weighted by Gasteiger charge is 2.36. The lowest BCUT2D eigenvalue weighted by Gasteiger charge is -2.29. The summed E-state index contributed by atoms with van der Waals surface area (Å²) in [6, 6.07) is 24.8. The van der Waals surface area contributed by atoms with E-state index in [1.54, 1.807) is 4.68 Å². The molecule has 0 spiro atoms. The number of nitrogens with one attached hydrogen (secondary N) is 2. The minimum atomic E-state index is -0.639. The number of aryl methyl sites for hydroxylation is 1. The van der Waals surface area contributed by atoms with Crippen LogP contribution < -0.4 is 20.1 Å². The van der Waals surface area contributed by atoms with Gasteiger partial charge < -0.3 is 20.1 Å². The Hall–Kier alpha value is -3.77. The SMILES string of the molecule is CCOc1cc(C2C(C(=O)Nc3cccc(C)c3C)=C(C)Nc3nc(SCc4ccccc4Cl)nn32)cc(Br)c1OCc1ccc(Br)cc1. The number of carbonyl (C=O) groups excluding carboxylic acids is 1. The van der Waals surface area contributed by atoms with E-state index in [9.17, 15) is 4.79 Å². The summed E-state index contributed by atoms with van der Waals surface area (Å²) in [5, 5.41) is 12.7. The van der Waals surface area contributed by atoms with Crippen LogP contribution in [0, 0.1) is 13.8 Å². The number of anilines is 2. The summed E-state index contributed by atoms with van der Waals surface area (Å²) in [6.45, 7) is 8.60. The molecule has 0 saturated carbocycles. The molecule has 1 amide bonds. The zero-order valence-electron chi connectivity index (χ0n) is 27.3. The number of benzene rings is 4. The fourth-order valence-electron chi connectivity index (χ4n) is 5.51. The van der Waals surface area contributed by atoms with E-state index in [0.717, 1.165) is 38.0 Å². The van der Waals surface area contributed by atoms with Crippen LogP contribution in [0.2, 0.25) is 5.02 Å². The molecule has 4 aromatic carbocycles. The Balaban J connectivity index is 1.40. The number of ether oxygens (including phenoxy) is 2. The van der Waals surface area contributed by atoms with Crippen molar-refractivity contribution < 1.29 is 14.3 Å². The van der Waals surface area contributed by atoms with Gasteiger partial charge in [-0.15, -0.1) is 5.10 Å². The van der Waals surface area contributed by atoms with Gasteiger partial charge in [-0.05, 0) is 108 Å². The molecule has 6 rings (SSSR count). The molecule has 2 heterocycles. The van der Waals surface area contributed by atoms with Crippen molar-refractivity contribution in [2.24, 2.45) is 0 Å². The lowest BCUT2D eigenvalue weighted by Crippen LogP contribution is -2.31. The first-order valence-corrected chi connectivity index (χ1v) is 18.6. The molecule has 5 aromatic rings. The third-order valence-corrected chi connectivity index (χ3v) is 10.6. The molecule has 1 unspecified atom stereocenters. The lowest BCUT2D eigenvalue weighted by atomic mass is 9.94. The molecule has 0 bridgehead atoms. The van der Waals surface area contributed by atoms with Crippen molar-refractivity contribution in [2.45, 2.75) is 51.3 Å². The number of aromatic nitrogens is 3. The van der Waals surface area contributed by atoms with Crippen LogP contribution in [-0.4, -0.2) is 27.3 Å². The van der Waals surface area contributed by atoms with Gasteiger partial charge in [0.2, 0.25) is 11.1 Å². The van der Waals surface area contributed by atoms with Gasteiger partial charge in [-0.25, -0.2) is 4.68 Å². The maximum atomic E-state index is 14.3. The van der Waals surface area contributed by atoms with E-state index >= 15 is 0 Å². The van der Waals surface area contributed by atoms with Gasteiger partial charge in [-0.3, -0.25) is 4.79 Å². The Morgan fingerprint density at radius 1 is 1.02 bits per heavy atom. The van der Waals surface area contributed by atoms with Crippen LogP contribution in [0.5, 0.6) is 11.5 Å². The maximum Gasteiger partial charge on any atom is 0.255 e. The molecule has 8 nitrogen and oxygen atoms in total. The predicted molar refractivity (Wildman–Crippen MR) is 204 cm³/mol. The average molecular weight is 824 g/mol. The second-order valence-electron chi connectivity index (χ2n) is 11.5. The van der Waals surface area contributed by atoms with Gasteiger partial charge in [-0.2, -0.15) is 4.98 Å². The number of amides is 1. The monoisotopic (exact) mass is 821 g/mol. The fraction of sp³-hybridized carbons (Fsp3) is 0.216. The van der Waals surface area contributed by atoms with Gasteiger partial charge >= 0.3 is 0 Å². The van der Waals surface area contributed by atoms with Crippen LogP contribution in [-0.2, 0) is 17.2 Å². The summed E-state index contributed by atoms with van der Waals surface area (Å²) in [7, 11) is 0. The van der Waals surface area contributed by atoms with E-state index in [0.29, 0.717) is 62.3 Å². The topological polar surface area (TPSA) is 90.3 Å². The number of halogens is 3. The highest BCUT2D eigenvalue weighted by atomic mass is 79.9. The van der Waals surface area contributed by atoms with Gasteiger partial charge in [0.1, 0.15) is 12.6 Å². The first-order chi connectivity index (χ1) is 23.6. The average Bonchev–Trinajstić information content (AvgIpc) is 3.48. The third-order valence-electron chi connectivity index (χ3n) is 8.19. The number of hydrogen-bond donors (Lipinski definition) is 2. The number of hydrogen-bond acceptors (Lipinski definition) is 7. The summed E-state index contributed by atoms with van der Waals surface area (Å²) in [6.07, 6.45) is 0. The summed E-state index contributed by atoms with van der Waals surface area (Å²) in [5.41, 5.74) is 6.77. The number of nitrogens with zero attached hydrogens (tertiary/aromatic N) is 3. The molecule has 1 aliphatic rings. The van der Waals surface area contributed by atoms with Crippen LogP contribution in [0.15, 0.2) is 104 Å². The number of allylic oxidation sites excluding steroid dienone is 1. The summed E-state index contributed by atoms with van der Waals surface area (Å²) in [4.78, 5) is 19.1. The number of carbonyl (C=O) groups is 1. The Labute approximate surface area is 311 Å². The zero-order valence-corrected chi connectivity index (χ0v) is 32.1. The van der Waals surface area contributed by atoms with Crippen LogP contribution >= 0.6 is 55.2 Å². The minimum Gasteiger partial charge on any atom is -0.490 e. The van der Waals surface area contributed by atoms with E-state index in [-0.39, 0.29) is 5.91 Å². The van der Waals surface area contributed by atoms with Crippen molar-refractivity contribution in [3.8, 4) is 11.5 Å². The zero-order chi connectivity index (χ0) is 34.7. The van der Waals surface area contributed by atoms with Crippen LogP contribution in [0.25, 0.3) is 0 Å². The van der Waals surface area contributed by atoms with Crippen LogP contribution in [0.1, 0.15) is 47.7 Å². The fourth-order valence-corrected chi connectivity index (χ4v) is 7.47. The third kappa shape index (κ3) is 7.85. The molecule has 252 valence electrons. The van der Waals surface area contributed by atoms with Crippen molar-refractivity contribution in [2.75, 3.05) is 17.2 Å². The Morgan fingerprint density at radius 2 is 1.80 bits per heavy atom. The lowest BCUT2D eigenvalue weighted by molar-refractivity contribution is -0.113. The van der Waals surface area contributed by atoms with E-state index in [1.165, 1.54) is 11.8 Å². The summed E-state index contributed by atoms with van der Waals surface area (Å²) >= 11 is 15.2. The Morgan fingerprint density at radius 3 is 2.55 bits per heavy atom. The molecule has 0 aliphatic carbocycles. The molecule has 0 saturated heterocycles. The molecular formula is C37H34Br2ClN5O3S. The van der Waals surface area contributed by atoms with E-state index in [2.05, 4.69) is 42.5 Å². The highest BCUT2D eigenvalue weighted by Crippen LogP contribution is 2.44. The molecular weight excluding hydrogens is 790 g/mol. The van der Waals surface area contributed by atoms with E-state index in [1.807, 2.05) is 107 Å². The van der Waals surface area contributed by atoms with E-state index < -0.39 is 6.04 Å². The molecule has 2 N–H and O–H groups in total. The quantitative estimate of drug-likeness (QED) is 0.128. The Kier molecular flexibility index (Phi) is 11.0. The molecule has 0 fully saturated rings. The number of fused-ring (bicyclic) bond motifs is 1. The smallest absolute Gasteiger partial charge is 0.255 e. The van der Waals surface area contributed by atoms with Gasteiger partial charge in [0.25, 0.3) is 5.91 Å². The van der Waals surface area contributed by atoms with Crippen LogP contribution in [0.3, 0.4) is 0 Å². The second kappa shape index (κ2) is 15.4. The first-order valence-electron chi connectivity index (χ1n) is 15.6. The predicted octanol–water partition coefficient (Wildman–Crippen LogP) is 10.3. The van der Waals surface area contributed by atoms with Crippen molar-refractivity contribution in [3.05, 3.63) is 132 Å². The van der Waals surface area contributed by atoms with Crippen molar-refractivity contribution in [1.29, 1.82) is 0 Å².